The number of carbonyl (C=O) groups is 1. The minimum absolute atomic E-state index is 0.0645. The van der Waals surface area contributed by atoms with Gasteiger partial charge in [-0.3, -0.25) is 4.79 Å². The number of hydrogen-bond acceptors (Lipinski definition) is 6. The molecule has 3 aromatic heterocycles. The van der Waals surface area contributed by atoms with Crippen molar-refractivity contribution in [2.24, 2.45) is 5.41 Å². The Balaban J connectivity index is 1.22. The largest absolute Gasteiger partial charge is 0.402 e. The lowest BCUT2D eigenvalue weighted by molar-refractivity contribution is -0.130. The van der Waals surface area contributed by atoms with E-state index in [-0.39, 0.29) is 18.5 Å². The zero-order chi connectivity index (χ0) is 18.4. The van der Waals surface area contributed by atoms with Gasteiger partial charge in [0, 0.05) is 24.7 Å². The van der Waals surface area contributed by atoms with Crippen molar-refractivity contribution in [2.75, 3.05) is 25.0 Å². The number of fused-ring (bicyclic) bond motifs is 1. The van der Waals surface area contributed by atoms with E-state index in [1.807, 2.05) is 17.0 Å². The van der Waals surface area contributed by atoms with E-state index in [0.29, 0.717) is 27.7 Å². The van der Waals surface area contributed by atoms with E-state index in [2.05, 4.69) is 25.5 Å². The topological polar surface area (TPSA) is 99.9 Å². The van der Waals surface area contributed by atoms with E-state index in [1.165, 1.54) is 12.8 Å². The molecule has 2 N–H and O–H groups in total. The Labute approximate surface area is 160 Å². The van der Waals surface area contributed by atoms with Gasteiger partial charge in [0.15, 0.2) is 0 Å². The summed E-state index contributed by atoms with van der Waals surface area (Å²) in [4.78, 5) is 21.6. The molecule has 0 unspecified atom stereocenters. The number of aromatic amines is 1. The van der Waals surface area contributed by atoms with Crippen LogP contribution in [-0.4, -0.2) is 50.6 Å². The summed E-state index contributed by atoms with van der Waals surface area (Å²) in [5.41, 5.74) is 1.90. The number of halogens is 1. The van der Waals surface area contributed by atoms with Crippen molar-refractivity contribution in [3.05, 3.63) is 23.4 Å². The predicted molar refractivity (Wildman–Crippen MR) is 100 cm³/mol. The zero-order valence-corrected chi connectivity index (χ0v) is 15.4. The Kier molecular flexibility index (Phi) is 3.82. The highest BCUT2D eigenvalue weighted by Crippen LogP contribution is 2.53. The first kappa shape index (κ1) is 16.6. The van der Waals surface area contributed by atoms with Crippen LogP contribution in [0, 0.1) is 5.41 Å². The van der Waals surface area contributed by atoms with Crippen LogP contribution < -0.4 is 5.32 Å². The van der Waals surface area contributed by atoms with Crippen LogP contribution in [-0.2, 0) is 4.79 Å². The van der Waals surface area contributed by atoms with E-state index in [4.69, 9.17) is 16.0 Å². The third kappa shape index (κ3) is 3.25. The highest BCUT2D eigenvalue weighted by atomic mass is 35.5. The maximum Gasteiger partial charge on any atom is 0.316 e. The van der Waals surface area contributed by atoms with Gasteiger partial charge in [0.05, 0.1) is 11.6 Å². The summed E-state index contributed by atoms with van der Waals surface area (Å²) in [6.07, 6.45) is 6.48. The Hall–Kier alpha value is -2.61. The molecule has 27 heavy (non-hydrogen) atoms. The molecule has 1 saturated carbocycles. The molecule has 0 bridgehead atoms. The number of carbonyl (C=O) groups excluding carboxylic acids is 1. The SMILES string of the molecule is O=C(CNc1nnc(-c2cc3cc(Cl)cnc3[nH]2)o1)N1CCC2(CC1)CC2. The number of pyridine rings is 1. The average Bonchev–Trinajstić information content (AvgIpc) is 3.09. The molecule has 0 atom stereocenters. The molecule has 1 spiro atoms. The van der Waals surface area contributed by atoms with Crippen molar-refractivity contribution in [2.45, 2.75) is 25.7 Å². The van der Waals surface area contributed by atoms with Crippen molar-refractivity contribution < 1.29 is 9.21 Å². The second-order valence-electron chi connectivity index (χ2n) is 7.42. The van der Waals surface area contributed by atoms with Crippen LogP contribution in [0.1, 0.15) is 25.7 Å². The lowest BCUT2D eigenvalue weighted by atomic mass is 9.94. The molecule has 1 amide bonds. The Morgan fingerprint density at radius 1 is 1.26 bits per heavy atom. The molecular formula is C18H19ClN6O2. The van der Waals surface area contributed by atoms with Crippen LogP contribution in [0.3, 0.4) is 0 Å². The molecule has 4 heterocycles. The highest BCUT2D eigenvalue weighted by molar-refractivity contribution is 6.31. The van der Waals surface area contributed by atoms with Crippen molar-refractivity contribution in [1.82, 2.24) is 25.1 Å². The number of hydrogen-bond donors (Lipinski definition) is 2. The maximum atomic E-state index is 12.4. The van der Waals surface area contributed by atoms with Gasteiger partial charge in [-0.1, -0.05) is 16.7 Å². The number of H-pyrrole nitrogens is 1. The second kappa shape index (κ2) is 6.23. The number of aromatic nitrogens is 4. The number of amides is 1. The van der Waals surface area contributed by atoms with Gasteiger partial charge >= 0.3 is 6.01 Å². The van der Waals surface area contributed by atoms with Crippen LogP contribution in [0.2, 0.25) is 5.02 Å². The molecule has 3 aromatic rings. The monoisotopic (exact) mass is 386 g/mol. The van der Waals surface area contributed by atoms with E-state index in [1.54, 1.807) is 6.20 Å². The smallest absolute Gasteiger partial charge is 0.316 e. The van der Waals surface area contributed by atoms with Gasteiger partial charge in [-0.05, 0) is 43.2 Å². The summed E-state index contributed by atoms with van der Waals surface area (Å²) in [5, 5.41) is 12.3. The van der Waals surface area contributed by atoms with Gasteiger partial charge in [-0.15, -0.1) is 5.10 Å². The van der Waals surface area contributed by atoms with E-state index < -0.39 is 0 Å². The molecule has 1 aliphatic heterocycles. The van der Waals surface area contributed by atoms with Crippen molar-refractivity contribution in [1.29, 1.82) is 0 Å². The molecule has 140 valence electrons. The number of anilines is 1. The van der Waals surface area contributed by atoms with Gasteiger partial charge in [-0.25, -0.2) is 4.98 Å². The third-order valence-corrected chi connectivity index (χ3v) is 5.82. The van der Waals surface area contributed by atoms with Gasteiger partial charge in [0.25, 0.3) is 5.89 Å². The van der Waals surface area contributed by atoms with Gasteiger partial charge in [-0.2, -0.15) is 0 Å². The summed E-state index contributed by atoms with van der Waals surface area (Å²) < 4.78 is 5.61. The van der Waals surface area contributed by atoms with Crippen LogP contribution in [0.25, 0.3) is 22.6 Å². The Morgan fingerprint density at radius 2 is 2.07 bits per heavy atom. The molecule has 1 saturated heterocycles. The lowest BCUT2D eigenvalue weighted by Crippen LogP contribution is -2.41. The second-order valence-corrected chi connectivity index (χ2v) is 7.86. The predicted octanol–water partition coefficient (Wildman–Crippen LogP) is 3.08. The molecule has 0 aromatic carbocycles. The molecule has 2 fully saturated rings. The number of piperidine rings is 1. The first-order valence-corrected chi connectivity index (χ1v) is 9.48. The van der Waals surface area contributed by atoms with E-state index >= 15 is 0 Å². The standard InChI is InChI=1S/C18H19ClN6O2/c19-12-7-11-8-13(22-15(11)20-9-12)16-23-24-17(27-16)21-10-14(26)25-5-3-18(1-2-18)4-6-25/h7-9H,1-6,10H2,(H,20,22)(H,21,24). The van der Waals surface area contributed by atoms with Crippen LogP contribution >= 0.6 is 11.6 Å². The first-order chi connectivity index (χ1) is 13.1. The van der Waals surface area contributed by atoms with Crippen molar-refractivity contribution >= 4 is 34.6 Å². The number of nitrogens with zero attached hydrogens (tertiary/aromatic N) is 4. The molecule has 9 heteroatoms. The number of nitrogens with one attached hydrogen (secondary N) is 2. The molecular weight excluding hydrogens is 368 g/mol. The molecule has 2 aliphatic rings. The number of rotatable bonds is 4. The summed E-state index contributed by atoms with van der Waals surface area (Å²) >= 11 is 5.96. The fourth-order valence-corrected chi connectivity index (χ4v) is 3.84. The van der Waals surface area contributed by atoms with Crippen LogP contribution in [0.15, 0.2) is 22.7 Å². The summed E-state index contributed by atoms with van der Waals surface area (Å²) in [6.45, 7) is 1.85. The highest BCUT2D eigenvalue weighted by Gasteiger charge is 2.44. The number of likely N-dealkylation sites (tertiary alicyclic amines) is 1. The van der Waals surface area contributed by atoms with E-state index in [0.717, 1.165) is 31.3 Å². The summed E-state index contributed by atoms with van der Waals surface area (Å²) in [6, 6.07) is 3.87. The van der Waals surface area contributed by atoms with Gasteiger partial charge in [0.2, 0.25) is 5.91 Å². The zero-order valence-electron chi connectivity index (χ0n) is 14.7. The van der Waals surface area contributed by atoms with Gasteiger partial charge < -0.3 is 19.6 Å². The first-order valence-electron chi connectivity index (χ1n) is 9.10. The van der Waals surface area contributed by atoms with Gasteiger partial charge in [0.1, 0.15) is 11.3 Å². The van der Waals surface area contributed by atoms with E-state index in [9.17, 15) is 4.79 Å². The Morgan fingerprint density at radius 3 is 2.85 bits per heavy atom. The molecule has 1 aliphatic carbocycles. The fraction of sp³-hybridized carbons (Fsp3) is 0.444. The molecule has 5 rings (SSSR count). The minimum atomic E-state index is 0.0645. The maximum absolute atomic E-state index is 12.4. The molecule has 0 radical (unpaired) electrons. The quantitative estimate of drug-likeness (QED) is 0.714. The average molecular weight is 387 g/mol. The summed E-state index contributed by atoms with van der Waals surface area (Å²) in [7, 11) is 0. The normalized spacial score (nSPS) is 18.2. The lowest BCUT2D eigenvalue weighted by Gasteiger charge is -2.32. The van der Waals surface area contributed by atoms with Crippen LogP contribution in [0.4, 0.5) is 6.01 Å². The summed E-state index contributed by atoms with van der Waals surface area (Å²) in [5.74, 6) is 0.391. The fourth-order valence-electron chi connectivity index (χ4n) is 3.68. The molecule has 8 nitrogen and oxygen atoms in total. The van der Waals surface area contributed by atoms with Crippen LogP contribution in [0.5, 0.6) is 0 Å². The minimum Gasteiger partial charge on any atom is -0.402 e. The van der Waals surface area contributed by atoms with Crippen molar-refractivity contribution in [3.8, 4) is 11.6 Å². The Bertz CT molecular complexity index is 998. The third-order valence-electron chi connectivity index (χ3n) is 5.62. The van der Waals surface area contributed by atoms with Crippen molar-refractivity contribution in [3.63, 3.8) is 0 Å².